The molecule has 0 saturated carbocycles. The molecule has 1 heterocycles. The number of hydrogen-bond donors (Lipinski definition) is 0. The lowest BCUT2D eigenvalue weighted by molar-refractivity contribution is 0.116. The van der Waals surface area contributed by atoms with Gasteiger partial charge < -0.3 is 4.74 Å². The van der Waals surface area contributed by atoms with Crippen molar-refractivity contribution in [3.05, 3.63) is 21.6 Å². The molecule has 0 aliphatic rings. The number of halogens is 2. The Morgan fingerprint density at radius 3 is 3.00 bits per heavy atom. The first-order chi connectivity index (χ1) is 6.24. The van der Waals surface area contributed by atoms with E-state index in [-0.39, 0.29) is 0 Å². The highest BCUT2D eigenvalue weighted by Gasteiger charge is 2.01. The molecule has 0 bridgehead atoms. The van der Waals surface area contributed by atoms with Gasteiger partial charge >= 0.3 is 0 Å². The molecule has 72 valence electrons. The Hall–Kier alpha value is -0.190. The van der Waals surface area contributed by atoms with Crippen molar-refractivity contribution in [2.75, 3.05) is 6.61 Å². The van der Waals surface area contributed by atoms with Gasteiger partial charge in [0.05, 0.1) is 4.47 Å². The maximum Gasteiger partial charge on any atom is 0.155 e. The van der Waals surface area contributed by atoms with Crippen molar-refractivity contribution in [2.24, 2.45) is 0 Å². The van der Waals surface area contributed by atoms with Crippen LogP contribution in [-0.2, 0) is 11.3 Å². The molecule has 1 aromatic heterocycles. The summed E-state index contributed by atoms with van der Waals surface area (Å²) in [5.41, 5.74) is 0. The Labute approximate surface area is 90.6 Å². The molecule has 0 spiro atoms. The molecule has 3 nitrogen and oxygen atoms in total. The molecule has 1 rings (SSSR count). The lowest BCUT2D eigenvalue weighted by Gasteiger charge is -2.01. The maximum absolute atomic E-state index is 5.77. The summed E-state index contributed by atoms with van der Waals surface area (Å²) in [5, 5.41) is 0.421. The van der Waals surface area contributed by atoms with Crippen molar-refractivity contribution in [3.8, 4) is 0 Å². The molecule has 0 atom stereocenters. The second-order valence-corrected chi connectivity index (χ2v) is 3.69. The van der Waals surface area contributed by atoms with Crippen molar-refractivity contribution in [2.45, 2.75) is 20.0 Å². The number of nitrogens with zero attached hydrogens (tertiary/aromatic N) is 2. The zero-order valence-electron chi connectivity index (χ0n) is 7.26. The van der Waals surface area contributed by atoms with Crippen LogP contribution in [0.3, 0.4) is 0 Å². The minimum absolute atomic E-state index is 0.418. The van der Waals surface area contributed by atoms with Crippen LogP contribution < -0.4 is 0 Å². The molecule has 0 N–H and O–H groups in total. The average Bonchev–Trinajstić information content (AvgIpc) is 2.12. The van der Waals surface area contributed by atoms with Gasteiger partial charge in [-0.1, -0.05) is 18.5 Å². The van der Waals surface area contributed by atoms with Gasteiger partial charge in [-0.3, -0.25) is 0 Å². The van der Waals surface area contributed by atoms with Gasteiger partial charge in [-0.25, -0.2) is 9.97 Å². The van der Waals surface area contributed by atoms with Gasteiger partial charge in [0.15, 0.2) is 5.82 Å². The van der Waals surface area contributed by atoms with E-state index in [0.29, 0.717) is 22.1 Å². The lowest BCUT2D eigenvalue weighted by atomic mass is 10.5. The second kappa shape index (κ2) is 5.52. The van der Waals surface area contributed by atoms with Crippen LogP contribution in [0.4, 0.5) is 0 Å². The van der Waals surface area contributed by atoms with Crippen molar-refractivity contribution in [1.82, 2.24) is 9.97 Å². The van der Waals surface area contributed by atoms with E-state index in [0.717, 1.165) is 13.0 Å². The van der Waals surface area contributed by atoms with Gasteiger partial charge in [0.25, 0.3) is 0 Å². The van der Waals surface area contributed by atoms with Crippen molar-refractivity contribution >= 4 is 27.5 Å². The van der Waals surface area contributed by atoms with Gasteiger partial charge in [-0.15, -0.1) is 0 Å². The SMILES string of the molecule is CCCOCc1ncc(Br)c(Cl)n1. The largest absolute Gasteiger partial charge is 0.373 e. The topological polar surface area (TPSA) is 35.0 Å². The Bertz CT molecular complexity index is 283. The van der Waals surface area contributed by atoms with Crippen LogP contribution in [0.25, 0.3) is 0 Å². The third-order valence-corrected chi connectivity index (χ3v) is 2.43. The van der Waals surface area contributed by atoms with E-state index in [4.69, 9.17) is 16.3 Å². The summed E-state index contributed by atoms with van der Waals surface area (Å²) >= 11 is 8.99. The maximum atomic E-state index is 5.77. The first-order valence-corrected chi connectivity index (χ1v) is 5.15. The molecule has 0 radical (unpaired) electrons. The number of rotatable bonds is 4. The van der Waals surface area contributed by atoms with Gasteiger partial charge in [-0.05, 0) is 22.4 Å². The summed E-state index contributed by atoms with van der Waals surface area (Å²) in [4.78, 5) is 8.07. The van der Waals surface area contributed by atoms with Gasteiger partial charge in [-0.2, -0.15) is 0 Å². The molecule has 0 aromatic carbocycles. The fourth-order valence-corrected chi connectivity index (χ4v) is 1.09. The summed E-state index contributed by atoms with van der Waals surface area (Å²) in [6, 6.07) is 0. The Morgan fingerprint density at radius 1 is 1.62 bits per heavy atom. The van der Waals surface area contributed by atoms with E-state index < -0.39 is 0 Å². The molecule has 0 aliphatic heterocycles. The Kier molecular flexibility index (Phi) is 4.62. The molecule has 0 unspecified atom stereocenters. The monoisotopic (exact) mass is 264 g/mol. The van der Waals surface area contributed by atoms with E-state index in [2.05, 4.69) is 32.8 Å². The van der Waals surface area contributed by atoms with E-state index >= 15 is 0 Å². The van der Waals surface area contributed by atoms with Gasteiger partial charge in [0.1, 0.15) is 11.8 Å². The molecule has 0 fully saturated rings. The highest BCUT2D eigenvalue weighted by atomic mass is 79.9. The molecule has 0 saturated heterocycles. The molecule has 5 heteroatoms. The molecular formula is C8H10BrClN2O. The molecular weight excluding hydrogens is 255 g/mol. The van der Waals surface area contributed by atoms with Crippen LogP contribution in [0, 0.1) is 0 Å². The Balaban J connectivity index is 2.53. The predicted octanol–water partition coefficient (Wildman–Crippen LogP) is 2.82. The van der Waals surface area contributed by atoms with Crippen LogP contribution in [0.2, 0.25) is 5.15 Å². The van der Waals surface area contributed by atoms with E-state index in [1.54, 1.807) is 6.20 Å². The first kappa shape index (κ1) is 10.9. The van der Waals surface area contributed by atoms with Crippen LogP contribution >= 0.6 is 27.5 Å². The quantitative estimate of drug-likeness (QED) is 0.620. The van der Waals surface area contributed by atoms with Crippen LogP contribution in [0.1, 0.15) is 19.2 Å². The normalized spacial score (nSPS) is 10.4. The molecule has 13 heavy (non-hydrogen) atoms. The zero-order chi connectivity index (χ0) is 9.68. The summed E-state index contributed by atoms with van der Waals surface area (Å²) < 4.78 is 5.97. The average molecular weight is 266 g/mol. The van der Waals surface area contributed by atoms with Gasteiger partial charge in [0.2, 0.25) is 0 Å². The summed E-state index contributed by atoms with van der Waals surface area (Å²) in [6.07, 6.45) is 2.62. The summed E-state index contributed by atoms with van der Waals surface area (Å²) in [6.45, 7) is 3.19. The minimum Gasteiger partial charge on any atom is -0.373 e. The predicted molar refractivity (Wildman–Crippen MR) is 54.7 cm³/mol. The van der Waals surface area contributed by atoms with Crippen molar-refractivity contribution < 1.29 is 4.74 Å². The number of ether oxygens (including phenoxy) is 1. The fraction of sp³-hybridized carbons (Fsp3) is 0.500. The standard InChI is InChI=1S/C8H10BrClN2O/c1-2-3-13-5-7-11-4-6(9)8(10)12-7/h4H,2-3,5H2,1H3. The highest BCUT2D eigenvalue weighted by Crippen LogP contribution is 2.18. The fourth-order valence-electron chi connectivity index (χ4n) is 0.757. The minimum atomic E-state index is 0.418. The van der Waals surface area contributed by atoms with Crippen molar-refractivity contribution in [1.29, 1.82) is 0 Å². The van der Waals surface area contributed by atoms with Crippen LogP contribution in [-0.4, -0.2) is 16.6 Å². The summed E-state index contributed by atoms with van der Waals surface area (Å²) in [7, 11) is 0. The molecule has 0 amide bonds. The first-order valence-electron chi connectivity index (χ1n) is 3.98. The smallest absolute Gasteiger partial charge is 0.155 e. The van der Waals surface area contributed by atoms with E-state index in [1.165, 1.54) is 0 Å². The Morgan fingerprint density at radius 2 is 2.38 bits per heavy atom. The highest BCUT2D eigenvalue weighted by molar-refractivity contribution is 9.10. The van der Waals surface area contributed by atoms with Crippen LogP contribution in [0.15, 0.2) is 10.7 Å². The summed E-state index contributed by atoms with van der Waals surface area (Å²) in [5.74, 6) is 0.613. The number of hydrogen-bond acceptors (Lipinski definition) is 3. The lowest BCUT2D eigenvalue weighted by Crippen LogP contribution is -2.00. The number of aromatic nitrogens is 2. The van der Waals surface area contributed by atoms with Crippen molar-refractivity contribution in [3.63, 3.8) is 0 Å². The third-order valence-electron chi connectivity index (χ3n) is 1.33. The van der Waals surface area contributed by atoms with Gasteiger partial charge in [0, 0.05) is 12.8 Å². The molecule has 0 aliphatic carbocycles. The van der Waals surface area contributed by atoms with Crippen LogP contribution in [0.5, 0.6) is 0 Å². The van der Waals surface area contributed by atoms with E-state index in [1.807, 2.05) is 0 Å². The third kappa shape index (κ3) is 3.58. The van der Waals surface area contributed by atoms with E-state index in [9.17, 15) is 0 Å². The second-order valence-electron chi connectivity index (χ2n) is 2.48. The zero-order valence-corrected chi connectivity index (χ0v) is 9.60. The molecule has 1 aromatic rings.